The molecule has 1 aliphatic carbocycles. The minimum Gasteiger partial charge on any atom is -0.354 e. The van der Waals surface area contributed by atoms with E-state index in [2.05, 4.69) is 357 Å². The van der Waals surface area contributed by atoms with Crippen LogP contribution in [0.15, 0.2) is 328 Å². The maximum Gasteiger partial charge on any atom is 0.0620 e. The molecule has 0 radical (unpaired) electrons. The minimum absolute atomic E-state index is 0.413. The second-order valence-corrected chi connectivity index (χ2v) is 23.0. The van der Waals surface area contributed by atoms with Crippen LogP contribution in [0.25, 0.3) is 88.3 Å². The van der Waals surface area contributed by atoms with E-state index in [1.165, 1.54) is 61.2 Å². The van der Waals surface area contributed by atoms with E-state index in [0.29, 0.717) is 0 Å². The van der Waals surface area contributed by atoms with Crippen LogP contribution in [-0.4, -0.2) is 0 Å². The highest BCUT2D eigenvalue weighted by Gasteiger charge is 2.38. The van der Waals surface area contributed by atoms with Gasteiger partial charge in [0.1, 0.15) is 0 Å². The molecule has 0 bridgehead atoms. The van der Waals surface area contributed by atoms with Gasteiger partial charge in [0, 0.05) is 61.1 Å². The minimum atomic E-state index is -0.413. The largest absolute Gasteiger partial charge is 0.354 e. The Morgan fingerprint density at radius 2 is 0.605 bits per heavy atom. The molecule has 0 saturated heterocycles. The van der Waals surface area contributed by atoms with Crippen molar-refractivity contribution in [2.75, 3.05) is 15.1 Å². The lowest BCUT2D eigenvalue weighted by Gasteiger charge is -2.31. The highest BCUT2D eigenvalue weighted by atomic mass is 15.2. The van der Waals surface area contributed by atoms with Gasteiger partial charge in [-0.05, 0) is 163 Å². The van der Waals surface area contributed by atoms with Crippen molar-refractivity contribution >= 4 is 67.0 Å². The first-order valence-corrected chi connectivity index (χ1v) is 29.7. The van der Waals surface area contributed by atoms with Crippen LogP contribution in [0, 0.1) is 0 Å². The molecule has 14 aromatic rings. The number of hydrogen-bond donors (Lipinski definition) is 1. The number of hydrogen-bond acceptors (Lipinski definition) is 3. The molecule has 0 heterocycles. The molecular formula is C83H61N3. The molecule has 0 saturated carbocycles. The average Bonchev–Trinajstić information content (AvgIpc) is 1.48. The molecule has 15 rings (SSSR count). The fourth-order valence-electron chi connectivity index (χ4n) is 13.1. The fraction of sp³-hybridized carbons (Fsp3) is 0.0361. The Hall–Kier alpha value is -11.0. The SMILES string of the molecule is CC1(C)c2cc(N(c3cccc(-c4ccccc4)c3)c3cccc(-c4ccccc4)c3)ccc2-c2cc3c(Nc4cccc(-c5ccccc5)c4)c4ccccc4c(N(c4cccc(-c5ccccc5)c4)c4cccc(-c5ccccc5)c4)c3cc21. The Bertz CT molecular complexity index is 4640. The van der Waals surface area contributed by atoms with Crippen LogP contribution < -0.4 is 15.1 Å². The van der Waals surface area contributed by atoms with Crippen LogP contribution in [0.2, 0.25) is 0 Å². The number of benzene rings is 14. The van der Waals surface area contributed by atoms with E-state index < -0.39 is 5.41 Å². The first-order chi connectivity index (χ1) is 42.4. The highest BCUT2D eigenvalue weighted by molar-refractivity contribution is 6.23. The third kappa shape index (κ3) is 9.56. The zero-order chi connectivity index (χ0) is 57.6. The smallest absolute Gasteiger partial charge is 0.0620 e. The lowest BCUT2D eigenvalue weighted by atomic mass is 9.81. The van der Waals surface area contributed by atoms with Crippen molar-refractivity contribution in [1.82, 2.24) is 0 Å². The van der Waals surface area contributed by atoms with Crippen LogP contribution in [0.5, 0.6) is 0 Å². The highest BCUT2D eigenvalue weighted by Crippen LogP contribution is 2.56. The Morgan fingerprint density at radius 3 is 1.06 bits per heavy atom. The second-order valence-electron chi connectivity index (χ2n) is 23.0. The molecule has 3 nitrogen and oxygen atoms in total. The van der Waals surface area contributed by atoms with Crippen LogP contribution in [0.3, 0.4) is 0 Å². The molecule has 86 heavy (non-hydrogen) atoms. The van der Waals surface area contributed by atoms with Crippen LogP contribution in [-0.2, 0) is 5.41 Å². The van der Waals surface area contributed by atoms with E-state index in [1.54, 1.807) is 0 Å². The molecule has 14 aromatic carbocycles. The van der Waals surface area contributed by atoms with E-state index >= 15 is 0 Å². The number of fused-ring (bicyclic) bond motifs is 5. The zero-order valence-corrected chi connectivity index (χ0v) is 48.1. The summed E-state index contributed by atoms with van der Waals surface area (Å²) in [6.07, 6.45) is 0. The standard InChI is InChI=1S/C83H61N3/c1-83(2)79-54-72(85(68-41-21-36-63(50-68)58-27-10-4-11-28-58)69-42-22-37-64(51-69)59-29-12-5-13-30-59)47-48-73(79)76-55-77-78(56-80(76)83)82(75-46-19-18-45-74(75)81(77)84-67-40-20-35-62(49-67)57-25-8-3-9-26-57)86(70-43-23-38-65(52-70)60-31-14-6-15-32-60)71-44-24-39-66(53-71)61-33-16-7-17-34-61/h3-56,84H,1-2H3. The van der Waals surface area contributed by atoms with Crippen molar-refractivity contribution in [3.8, 4) is 66.8 Å². The van der Waals surface area contributed by atoms with Crippen molar-refractivity contribution in [3.63, 3.8) is 0 Å². The van der Waals surface area contributed by atoms with Crippen molar-refractivity contribution in [2.24, 2.45) is 0 Å². The first kappa shape index (κ1) is 51.8. The molecule has 1 aliphatic rings. The Kier molecular flexibility index (Phi) is 13.2. The molecule has 0 fully saturated rings. The summed E-state index contributed by atoms with van der Waals surface area (Å²) in [6, 6.07) is 120. The van der Waals surface area contributed by atoms with Crippen molar-refractivity contribution < 1.29 is 0 Å². The second kappa shape index (κ2) is 22.0. The molecule has 408 valence electrons. The molecule has 0 atom stereocenters. The fourth-order valence-corrected chi connectivity index (χ4v) is 13.1. The number of nitrogens with one attached hydrogen (secondary N) is 1. The third-order valence-corrected chi connectivity index (χ3v) is 17.3. The molecule has 0 unspecified atom stereocenters. The predicted molar refractivity (Wildman–Crippen MR) is 365 cm³/mol. The predicted octanol–water partition coefficient (Wildman–Crippen LogP) is 23.3. The summed E-state index contributed by atoms with van der Waals surface area (Å²) in [5.41, 5.74) is 24.9. The number of nitrogens with zero attached hydrogens (tertiary/aromatic N) is 2. The van der Waals surface area contributed by atoms with E-state index in [9.17, 15) is 0 Å². The summed E-state index contributed by atoms with van der Waals surface area (Å²) >= 11 is 0. The van der Waals surface area contributed by atoms with Gasteiger partial charge < -0.3 is 15.1 Å². The quantitative estimate of drug-likeness (QED) is 0.0917. The van der Waals surface area contributed by atoms with E-state index in [0.717, 1.165) is 83.7 Å². The third-order valence-electron chi connectivity index (χ3n) is 17.3. The van der Waals surface area contributed by atoms with Crippen molar-refractivity contribution in [3.05, 3.63) is 339 Å². The molecular weight excluding hydrogens is 1040 g/mol. The molecule has 0 spiro atoms. The summed E-state index contributed by atoms with van der Waals surface area (Å²) in [6.45, 7) is 4.84. The Balaban J connectivity index is 0.969. The lowest BCUT2D eigenvalue weighted by molar-refractivity contribution is 0.661. The monoisotopic (exact) mass is 1100 g/mol. The van der Waals surface area contributed by atoms with Gasteiger partial charge in [0.15, 0.2) is 0 Å². The summed E-state index contributed by atoms with van der Waals surface area (Å²) in [4.78, 5) is 4.96. The number of anilines is 8. The van der Waals surface area contributed by atoms with Gasteiger partial charge in [-0.2, -0.15) is 0 Å². The summed E-state index contributed by atoms with van der Waals surface area (Å²) in [5, 5.41) is 8.66. The Labute approximate surface area is 504 Å². The lowest BCUT2D eigenvalue weighted by Crippen LogP contribution is -2.17. The van der Waals surface area contributed by atoms with Gasteiger partial charge >= 0.3 is 0 Å². The van der Waals surface area contributed by atoms with Gasteiger partial charge in [0.05, 0.1) is 11.4 Å². The van der Waals surface area contributed by atoms with Gasteiger partial charge in [-0.15, -0.1) is 0 Å². The first-order valence-electron chi connectivity index (χ1n) is 29.7. The van der Waals surface area contributed by atoms with Gasteiger partial charge in [-0.25, -0.2) is 0 Å². The van der Waals surface area contributed by atoms with Crippen LogP contribution in [0.4, 0.5) is 45.5 Å². The molecule has 0 aliphatic heterocycles. The van der Waals surface area contributed by atoms with Crippen molar-refractivity contribution in [2.45, 2.75) is 19.3 Å². The molecule has 1 N–H and O–H groups in total. The van der Waals surface area contributed by atoms with Crippen LogP contribution >= 0.6 is 0 Å². The van der Waals surface area contributed by atoms with Gasteiger partial charge in [-0.1, -0.05) is 257 Å². The molecule has 0 amide bonds. The summed E-state index contributed by atoms with van der Waals surface area (Å²) in [5.74, 6) is 0. The number of rotatable bonds is 13. The maximum absolute atomic E-state index is 4.11. The summed E-state index contributed by atoms with van der Waals surface area (Å²) < 4.78 is 0. The van der Waals surface area contributed by atoms with Gasteiger partial charge in [0.25, 0.3) is 0 Å². The maximum atomic E-state index is 4.11. The van der Waals surface area contributed by atoms with E-state index in [1.807, 2.05) is 0 Å². The zero-order valence-electron chi connectivity index (χ0n) is 48.1. The topological polar surface area (TPSA) is 18.5 Å². The van der Waals surface area contributed by atoms with Crippen LogP contribution in [0.1, 0.15) is 25.0 Å². The van der Waals surface area contributed by atoms with Gasteiger partial charge in [0.2, 0.25) is 0 Å². The normalized spacial score (nSPS) is 12.2. The summed E-state index contributed by atoms with van der Waals surface area (Å²) in [7, 11) is 0. The van der Waals surface area contributed by atoms with Gasteiger partial charge in [-0.3, -0.25) is 0 Å². The molecule has 3 heteroatoms. The van der Waals surface area contributed by atoms with E-state index in [4.69, 9.17) is 0 Å². The average molecular weight is 1100 g/mol. The molecule has 0 aromatic heterocycles. The van der Waals surface area contributed by atoms with E-state index in [-0.39, 0.29) is 0 Å². The Morgan fingerprint density at radius 1 is 0.244 bits per heavy atom. The van der Waals surface area contributed by atoms with Crippen molar-refractivity contribution in [1.29, 1.82) is 0 Å².